The van der Waals surface area contributed by atoms with Crippen molar-refractivity contribution in [2.75, 3.05) is 17.7 Å². The zero-order chi connectivity index (χ0) is 46.2. The van der Waals surface area contributed by atoms with Crippen LogP contribution in [-0.4, -0.2) is 70.5 Å². The number of aromatic nitrogens is 7. The first kappa shape index (κ1) is 44.7. The minimum absolute atomic E-state index is 0.0819. The summed E-state index contributed by atoms with van der Waals surface area (Å²) in [4.78, 5) is 39.0. The third-order valence-electron chi connectivity index (χ3n) is 11.4. The number of fused-ring (bicyclic) bond motifs is 2. The number of benzene rings is 2. The minimum atomic E-state index is -4.45. The lowest BCUT2D eigenvalue weighted by atomic mass is 9.91. The molecule has 4 amide bonds. The number of nitrogens with one attached hydrogen (secondary N) is 4. The van der Waals surface area contributed by atoms with Gasteiger partial charge < -0.3 is 15.4 Å². The summed E-state index contributed by atoms with van der Waals surface area (Å²) in [6.07, 6.45) is 9.66. The van der Waals surface area contributed by atoms with E-state index in [2.05, 4.69) is 40.5 Å². The number of nitriles is 1. The molecule has 0 spiro atoms. The van der Waals surface area contributed by atoms with Crippen LogP contribution in [0, 0.1) is 11.3 Å². The molecule has 0 saturated carbocycles. The number of pyridine rings is 2. The summed E-state index contributed by atoms with van der Waals surface area (Å²) < 4.78 is 65.8. The Morgan fingerprint density at radius 3 is 2.23 bits per heavy atom. The van der Waals surface area contributed by atoms with Crippen LogP contribution in [0.1, 0.15) is 86.0 Å². The Hall–Kier alpha value is -6.89. The van der Waals surface area contributed by atoms with Crippen molar-refractivity contribution in [3.8, 4) is 34.2 Å². The number of nitrogens with zero attached hydrogens (tertiary/aromatic N) is 8. The predicted molar refractivity (Wildman–Crippen MR) is 239 cm³/mol. The highest BCUT2D eigenvalue weighted by Crippen LogP contribution is 2.46. The molecule has 19 nitrogen and oxygen atoms in total. The quantitative estimate of drug-likeness (QED) is 0.0920. The van der Waals surface area contributed by atoms with Crippen LogP contribution in [0.25, 0.3) is 22.3 Å². The van der Waals surface area contributed by atoms with Gasteiger partial charge in [-0.25, -0.2) is 38.7 Å². The van der Waals surface area contributed by atoms with Gasteiger partial charge in [-0.2, -0.15) is 27.2 Å². The Balaban J connectivity index is 0.999. The molecule has 22 heteroatoms. The maximum absolute atomic E-state index is 13.6. The van der Waals surface area contributed by atoms with Crippen molar-refractivity contribution in [1.82, 2.24) is 44.0 Å². The van der Waals surface area contributed by atoms with E-state index in [9.17, 15) is 31.7 Å². The van der Waals surface area contributed by atoms with Crippen molar-refractivity contribution in [3.05, 3.63) is 106 Å². The standard InChI is InChI=1S/C43H43ClN12O7S2/c1-24(2)56-23-48-43(52-56)65(61,62)54-42(58)49-39-31(27-12-15-46-29(19-27)22-45)11-10-30-26(8-9-34(30)39)18-25(3)55-17-14-38(51-55)64(59,60)53-41(57)50-40-33-7-5-6-32(33)36(44)21-35(40)28-13-16-47-37(20-28)63-4/h10-17,19-21,23-26H,5-9,18H2,1-4H3,(H2,49,54,58)(H2,50,53,57). The van der Waals surface area contributed by atoms with Gasteiger partial charge in [0, 0.05) is 52.9 Å². The molecule has 2 aliphatic carbocycles. The topological polar surface area (TPSA) is 258 Å². The summed E-state index contributed by atoms with van der Waals surface area (Å²) in [5.74, 6) is 0.272. The zero-order valence-electron chi connectivity index (χ0n) is 35.5. The summed E-state index contributed by atoms with van der Waals surface area (Å²) in [7, 11) is -7.39. The Bertz CT molecular complexity index is 3130. The fraction of sp³-hybridized carbons (Fsp3) is 0.302. The molecule has 0 bridgehead atoms. The smallest absolute Gasteiger partial charge is 0.333 e. The second-order valence-electron chi connectivity index (χ2n) is 16.0. The lowest BCUT2D eigenvalue weighted by Gasteiger charge is -2.20. The van der Waals surface area contributed by atoms with E-state index in [1.165, 1.54) is 41.3 Å². The Morgan fingerprint density at radius 1 is 0.831 bits per heavy atom. The van der Waals surface area contributed by atoms with Crippen LogP contribution in [0.3, 0.4) is 0 Å². The van der Waals surface area contributed by atoms with Crippen LogP contribution in [0.4, 0.5) is 21.0 Å². The Morgan fingerprint density at radius 2 is 1.52 bits per heavy atom. The number of hydrogen-bond donors (Lipinski definition) is 4. The first-order chi connectivity index (χ1) is 31.0. The van der Waals surface area contributed by atoms with Crippen LogP contribution >= 0.6 is 11.6 Å². The van der Waals surface area contributed by atoms with Gasteiger partial charge in [0.2, 0.25) is 5.88 Å². The van der Waals surface area contributed by atoms with Crippen molar-refractivity contribution in [2.24, 2.45) is 0 Å². The third kappa shape index (κ3) is 9.23. The molecule has 4 heterocycles. The number of urea groups is 2. The van der Waals surface area contributed by atoms with E-state index in [0.29, 0.717) is 76.6 Å². The van der Waals surface area contributed by atoms with E-state index in [1.54, 1.807) is 56.4 Å². The second-order valence-corrected chi connectivity index (χ2v) is 19.6. The molecule has 65 heavy (non-hydrogen) atoms. The molecule has 2 unspecified atom stereocenters. The van der Waals surface area contributed by atoms with Crippen LogP contribution in [-0.2, 0) is 39.3 Å². The van der Waals surface area contributed by atoms with Crippen molar-refractivity contribution in [3.63, 3.8) is 0 Å². The van der Waals surface area contributed by atoms with Crippen LogP contribution in [0.15, 0.2) is 83.6 Å². The first-order valence-corrected chi connectivity index (χ1v) is 23.9. The highest BCUT2D eigenvalue weighted by atomic mass is 35.5. The first-order valence-electron chi connectivity index (χ1n) is 20.6. The van der Waals surface area contributed by atoms with Gasteiger partial charge in [-0.1, -0.05) is 23.7 Å². The molecule has 0 radical (unpaired) electrons. The SMILES string of the molecule is COc1cc(-c2cc(Cl)c3c(c2NC(=O)NS(=O)(=O)c2ccn(C(C)CC4CCc5c4ccc(-c4ccnc(C#N)c4)c5NC(=O)NS(=O)(=O)c4ncn(C(C)C)n4)n2)CCC3)ccn1. The van der Waals surface area contributed by atoms with Gasteiger partial charge in [0.25, 0.3) is 15.2 Å². The van der Waals surface area contributed by atoms with Crippen LogP contribution in [0.2, 0.25) is 5.02 Å². The summed E-state index contributed by atoms with van der Waals surface area (Å²) in [5, 5.41) is 23.1. The number of ether oxygens (including phenoxy) is 1. The highest BCUT2D eigenvalue weighted by molar-refractivity contribution is 7.90. The average molecular weight is 939 g/mol. The largest absolute Gasteiger partial charge is 0.481 e. The van der Waals surface area contributed by atoms with E-state index in [-0.39, 0.29) is 28.7 Å². The predicted octanol–water partition coefficient (Wildman–Crippen LogP) is 6.90. The fourth-order valence-electron chi connectivity index (χ4n) is 8.35. The Kier molecular flexibility index (Phi) is 12.3. The van der Waals surface area contributed by atoms with E-state index in [0.717, 1.165) is 28.7 Å². The number of carbonyl (C=O) groups is 2. The van der Waals surface area contributed by atoms with Gasteiger partial charge in [0.1, 0.15) is 18.1 Å². The lowest BCUT2D eigenvalue weighted by Crippen LogP contribution is -2.35. The molecule has 4 N–H and O–H groups in total. The highest BCUT2D eigenvalue weighted by Gasteiger charge is 2.32. The number of halogens is 1. The molecule has 2 atom stereocenters. The van der Waals surface area contributed by atoms with Gasteiger partial charge >= 0.3 is 22.1 Å². The summed E-state index contributed by atoms with van der Waals surface area (Å²) in [6, 6.07) is 13.0. The normalized spacial score (nSPS) is 14.9. The number of anilines is 2. The molecule has 0 saturated heterocycles. The van der Waals surface area contributed by atoms with E-state index < -0.39 is 37.3 Å². The molecular weight excluding hydrogens is 896 g/mol. The summed E-state index contributed by atoms with van der Waals surface area (Å²) >= 11 is 6.68. The van der Waals surface area contributed by atoms with Gasteiger partial charge in [-0.15, -0.1) is 5.10 Å². The van der Waals surface area contributed by atoms with Gasteiger partial charge in [0.05, 0.1) is 18.5 Å². The second kappa shape index (κ2) is 17.9. The van der Waals surface area contributed by atoms with Crippen molar-refractivity contribution < 1.29 is 31.2 Å². The maximum atomic E-state index is 13.6. The molecule has 8 rings (SSSR count). The molecule has 0 aliphatic heterocycles. The molecule has 6 aromatic rings. The van der Waals surface area contributed by atoms with Gasteiger partial charge in [0.15, 0.2) is 5.03 Å². The van der Waals surface area contributed by atoms with E-state index in [4.69, 9.17) is 16.3 Å². The number of rotatable bonds is 13. The summed E-state index contributed by atoms with van der Waals surface area (Å²) in [6.45, 7) is 5.49. The molecule has 4 aromatic heterocycles. The van der Waals surface area contributed by atoms with Crippen molar-refractivity contribution in [1.29, 1.82) is 5.26 Å². The number of hydrogen-bond acceptors (Lipinski definition) is 13. The van der Waals surface area contributed by atoms with Gasteiger partial charge in [-0.05, 0) is 129 Å². The van der Waals surface area contributed by atoms with E-state index in [1.807, 2.05) is 23.8 Å². The molecule has 0 fully saturated rings. The average Bonchev–Trinajstić information content (AvgIpc) is 4.12. The van der Waals surface area contributed by atoms with Crippen LogP contribution in [0.5, 0.6) is 5.88 Å². The fourth-order valence-corrected chi connectivity index (χ4v) is 10.3. The number of carbonyl (C=O) groups excluding carboxylic acids is 2. The third-order valence-corrected chi connectivity index (χ3v) is 14.1. The lowest BCUT2D eigenvalue weighted by molar-refractivity contribution is 0.255. The van der Waals surface area contributed by atoms with Crippen LogP contribution < -0.4 is 24.8 Å². The van der Waals surface area contributed by atoms with Crippen molar-refractivity contribution in [2.45, 2.75) is 87.5 Å². The summed E-state index contributed by atoms with van der Waals surface area (Å²) in [5.41, 5.74) is 6.68. The number of amides is 4. The number of sulfonamides is 2. The minimum Gasteiger partial charge on any atom is -0.481 e. The Labute approximate surface area is 379 Å². The maximum Gasteiger partial charge on any atom is 0.333 e. The molecular formula is C43H43ClN12O7S2. The van der Waals surface area contributed by atoms with Gasteiger partial charge in [-0.3, -0.25) is 4.68 Å². The zero-order valence-corrected chi connectivity index (χ0v) is 37.9. The molecule has 2 aliphatic rings. The van der Waals surface area contributed by atoms with E-state index >= 15 is 0 Å². The number of methoxy groups -OCH3 is 1. The molecule has 336 valence electrons. The monoisotopic (exact) mass is 938 g/mol. The molecule has 2 aromatic carbocycles. The van der Waals surface area contributed by atoms with Crippen molar-refractivity contribution >= 4 is 55.1 Å².